The maximum Gasteiger partial charge on any atom is 0.258 e. The third kappa shape index (κ3) is 3.07. The highest BCUT2D eigenvalue weighted by molar-refractivity contribution is 7.98. The first-order valence-electron chi connectivity index (χ1n) is 5.03. The third-order valence-electron chi connectivity index (χ3n) is 1.96. The fourth-order valence-electron chi connectivity index (χ4n) is 1.16. The molecule has 0 aliphatic rings. The average Bonchev–Trinajstić information content (AvgIpc) is 2.94. The van der Waals surface area contributed by atoms with Crippen LogP contribution in [0.5, 0.6) is 0 Å². The third-order valence-corrected chi connectivity index (χ3v) is 3.68. The minimum Gasteiger partial charge on any atom is -0.334 e. The molecule has 0 bridgehead atoms. The molecule has 0 aliphatic carbocycles. The van der Waals surface area contributed by atoms with Gasteiger partial charge in [-0.3, -0.25) is 0 Å². The van der Waals surface area contributed by atoms with E-state index in [1.807, 2.05) is 16.8 Å². The fourth-order valence-corrected chi connectivity index (χ4v) is 2.61. The molecule has 16 heavy (non-hydrogen) atoms. The normalized spacial score (nSPS) is 10.8. The second kappa shape index (κ2) is 6.03. The molecule has 6 heteroatoms. The Balaban J connectivity index is 1.88. The van der Waals surface area contributed by atoms with Crippen LogP contribution in [0.15, 0.2) is 21.3 Å². The highest BCUT2D eigenvalue weighted by atomic mass is 32.2. The molecule has 4 nitrogen and oxygen atoms in total. The van der Waals surface area contributed by atoms with Crippen LogP contribution in [0, 0.1) is 0 Å². The Bertz CT molecular complexity index is 413. The first-order chi connectivity index (χ1) is 7.90. The first-order valence-corrected chi connectivity index (χ1v) is 7.13. The second-order valence-electron chi connectivity index (χ2n) is 3.22. The summed E-state index contributed by atoms with van der Waals surface area (Å²) in [6, 6.07) is 1.98. The molecule has 0 aromatic carbocycles. The van der Waals surface area contributed by atoms with Crippen molar-refractivity contribution >= 4 is 23.1 Å². The Hall–Kier alpha value is -0.850. The lowest BCUT2D eigenvalue weighted by molar-refractivity contribution is 0.425. The van der Waals surface area contributed by atoms with Crippen LogP contribution in [0.3, 0.4) is 0 Å². The van der Waals surface area contributed by atoms with Crippen LogP contribution in [0.2, 0.25) is 0 Å². The van der Waals surface area contributed by atoms with Gasteiger partial charge in [0.1, 0.15) is 0 Å². The van der Waals surface area contributed by atoms with Crippen LogP contribution < -0.4 is 5.73 Å². The van der Waals surface area contributed by atoms with Crippen LogP contribution in [0.1, 0.15) is 12.2 Å². The van der Waals surface area contributed by atoms with Gasteiger partial charge in [-0.2, -0.15) is 28.1 Å². The van der Waals surface area contributed by atoms with E-state index in [1.165, 1.54) is 0 Å². The van der Waals surface area contributed by atoms with Gasteiger partial charge in [-0.25, -0.2) is 0 Å². The van der Waals surface area contributed by atoms with Gasteiger partial charge in [-0.1, -0.05) is 5.16 Å². The van der Waals surface area contributed by atoms with Crippen LogP contribution >= 0.6 is 23.1 Å². The largest absolute Gasteiger partial charge is 0.334 e. The van der Waals surface area contributed by atoms with Crippen LogP contribution in [-0.4, -0.2) is 22.4 Å². The molecule has 0 saturated heterocycles. The van der Waals surface area contributed by atoms with Crippen molar-refractivity contribution in [1.82, 2.24) is 10.1 Å². The number of hydrogen-bond donors (Lipinski definition) is 1. The average molecular weight is 255 g/mol. The fraction of sp³-hybridized carbons (Fsp3) is 0.400. The minimum absolute atomic E-state index is 0.607. The standard InChI is InChI=1S/C10H13N3OS2/c11-3-1-4-15-7-9-12-10(14-13-9)8-2-5-16-6-8/h2,5-6H,1,3-4,7,11H2. The molecule has 0 saturated carbocycles. The summed E-state index contributed by atoms with van der Waals surface area (Å²) in [6.07, 6.45) is 1.03. The number of thioether (sulfide) groups is 1. The number of rotatable bonds is 6. The van der Waals surface area contributed by atoms with Crippen molar-refractivity contribution in [3.63, 3.8) is 0 Å². The molecule has 0 fully saturated rings. The van der Waals surface area contributed by atoms with Gasteiger partial charge in [0.25, 0.3) is 5.89 Å². The van der Waals surface area contributed by atoms with E-state index in [9.17, 15) is 0 Å². The summed E-state index contributed by atoms with van der Waals surface area (Å²) in [4.78, 5) is 4.33. The summed E-state index contributed by atoms with van der Waals surface area (Å²) >= 11 is 3.40. The van der Waals surface area contributed by atoms with Crippen LogP contribution in [0.4, 0.5) is 0 Å². The van der Waals surface area contributed by atoms with Crippen molar-refractivity contribution in [2.24, 2.45) is 5.73 Å². The Morgan fingerprint density at radius 1 is 1.50 bits per heavy atom. The lowest BCUT2D eigenvalue weighted by Gasteiger charge is -1.94. The molecule has 0 radical (unpaired) electrons. The Labute approximate surface area is 102 Å². The van der Waals surface area contributed by atoms with E-state index in [1.54, 1.807) is 23.1 Å². The number of nitrogens with zero attached hydrogens (tertiary/aromatic N) is 2. The molecule has 0 unspecified atom stereocenters. The quantitative estimate of drug-likeness (QED) is 0.803. The van der Waals surface area contributed by atoms with Crippen molar-refractivity contribution in [1.29, 1.82) is 0 Å². The van der Waals surface area contributed by atoms with E-state index in [2.05, 4.69) is 10.1 Å². The molecule has 2 heterocycles. The summed E-state index contributed by atoms with van der Waals surface area (Å²) < 4.78 is 5.17. The summed E-state index contributed by atoms with van der Waals surface area (Å²) in [7, 11) is 0. The highest BCUT2D eigenvalue weighted by Crippen LogP contribution is 2.21. The van der Waals surface area contributed by atoms with E-state index in [0.29, 0.717) is 5.89 Å². The summed E-state index contributed by atoms with van der Waals surface area (Å²) in [5, 5.41) is 7.93. The van der Waals surface area contributed by atoms with Crippen LogP contribution in [-0.2, 0) is 5.75 Å². The number of nitrogens with two attached hydrogens (primary N) is 1. The Kier molecular flexibility index (Phi) is 4.38. The van der Waals surface area contributed by atoms with Gasteiger partial charge in [-0.15, -0.1) is 0 Å². The molecule has 0 spiro atoms. The van der Waals surface area contributed by atoms with Crippen molar-refractivity contribution in [3.8, 4) is 11.5 Å². The maximum absolute atomic E-state index is 5.41. The summed E-state index contributed by atoms with van der Waals surface area (Å²) in [6.45, 7) is 0.736. The van der Waals surface area contributed by atoms with Crippen LogP contribution in [0.25, 0.3) is 11.5 Å². The molecule has 86 valence electrons. The number of thiophene rings is 1. The molecule has 0 amide bonds. The zero-order valence-electron chi connectivity index (χ0n) is 8.76. The van der Waals surface area contributed by atoms with E-state index in [4.69, 9.17) is 10.3 Å². The molecule has 0 aliphatic heterocycles. The first kappa shape index (κ1) is 11.6. The molecule has 2 aromatic heterocycles. The molecular formula is C10H13N3OS2. The monoisotopic (exact) mass is 255 g/mol. The van der Waals surface area contributed by atoms with E-state index >= 15 is 0 Å². The second-order valence-corrected chi connectivity index (χ2v) is 5.11. The SMILES string of the molecule is NCCCSCc1noc(-c2ccsc2)n1. The van der Waals surface area contributed by atoms with Crippen molar-refractivity contribution in [2.45, 2.75) is 12.2 Å². The lowest BCUT2D eigenvalue weighted by atomic mass is 10.3. The van der Waals surface area contributed by atoms with E-state index in [-0.39, 0.29) is 0 Å². The summed E-state index contributed by atoms with van der Waals surface area (Å²) in [5.74, 6) is 3.19. The van der Waals surface area contributed by atoms with Crippen molar-refractivity contribution in [2.75, 3.05) is 12.3 Å². The van der Waals surface area contributed by atoms with Gasteiger partial charge >= 0.3 is 0 Å². The van der Waals surface area contributed by atoms with Gasteiger partial charge in [0.05, 0.1) is 11.3 Å². The lowest BCUT2D eigenvalue weighted by Crippen LogP contribution is -1.99. The number of hydrogen-bond acceptors (Lipinski definition) is 6. The van der Waals surface area contributed by atoms with Gasteiger partial charge in [0.2, 0.25) is 0 Å². The van der Waals surface area contributed by atoms with E-state index < -0.39 is 0 Å². The minimum atomic E-state index is 0.607. The maximum atomic E-state index is 5.41. The predicted octanol–water partition coefficient (Wildman–Crippen LogP) is 2.38. The van der Waals surface area contributed by atoms with Gasteiger partial charge in [-0.05, 0) is 30.2 Å². The van der Waals surface area contributed by atoms with Gasteiger partial charge < -0.3 is 10.3 Å². The van der Waals surface area contributed by atoms with Crippen molar-refractivity contribution in [3.05, 3.63) is 22.7 Å². The molecule has 2 aromatic rings. The highest BCUT2D eigenvalue weighted by Gasteiger charge is 2.08. The molecule has 0 atom stereocenters. The smallest absolute Gasteiger partial charge is 0.258 e. The zero-order valence-corrected chi connectivity index (χ0v) is 10.4. The van der Waals surface area contributed by atoms with Gasteiger partial charge in [0.15, 0.2) is 5.82 Å². The molecular weight excluding hydrogens is 242 g/mol. The Morgan fingerprint density at radius 3 is 3.19 bits per heavy atom. The molecule has 2 N–H and O–H groups in total. The Morgan fingerprint density at radius 2 is 2.44 bits per heavy atom. The van der Waals surface area contributed by atoms with Gasteiger partial charge in [0, 0.05) is 5.38 Å². The zero-order chi connectivity index (χ0) is 11.2. The predicted molar refractivity (Wildman–Crippen MR) is 67.4 cm³/mol. The topological polar surface area (TPSA) is 64.9 Å². The number of aromatic nitrogens is 2. The van der Waals surface area contributed by atoms with E-state index in [0.717, 1.165) is 35.9 Å². The van der Waals surface area contributed by atoms with Crippen molar-refractivity contribution < 1.29 is 4.52 Å². The molecule has 2 rings (SSSR count). The summed E-state index contributed by atoms with van der Waals surface area (Å²) in [5.41, 5.74) is 6.41.